The monoisotopic (exact) mass is 362 g/mol. The molecule has 130 valence electrons. The molecule has 0 aromatic carbocycles. The molecule has 0 aromatic heterocycles. The first-order chi connectivity index (χ1) is 10.4. The van der Waals surface area contributed by atoms with Crippen LogP contribution in [0.5, 0.6) is 0 Å². The second-order valence-electron chi connectivity index (χ2n) is 5.40. The highest BCUT2D eigenvalue weighted by Gasteiger charge is 2.25. The van der Waals surface area contributed by atoms with E-state index in [1.165, 1.54) is 0 Å². The Kier molecular flexibility index (Phi) is 7.24. The number of unbranched alkanes of at least 4 members (excludes halogenated alkanes) is 1. The molecular weight excluding hydrogens is 340 g/mol. The van der Waals surface area contributed by atoms with Gasteiger partial charge in [0.05, 0.1) is 11.3 Å². The highest BCUT2D eigenvalue weighted by atomic mass is 35.5. The van der Waals surface area contributed by atoms with E-state index >= 15 is 0 Å². The van der Waals surface area contributed by atoms with Crippen LogP contribution in [-0.4, -0.2) is 49.9 Å². The number of rotatable bonds is 6. The minimum Gasteiger partial charge on any atom is -0.348 e. The maximum atomic E-state index is 12.3. The predicted molar refractivity (Wildman–Crippen MR) is 92.9 cm³/mol. The van der Waals surface area contributed by atoms with E-state index < -0.39 is 10.0 Å². The number of halogens is 1. The first-order valence-electron chi connectivity index (χ1n) is 7.45. The summed E-state index contributed by atoms with van der Waals surface area (Å²) in [5.41, 5.74) is 6.16. The number of sulfonamides is 1. The summed E-state index contributed by atoms with van der Waals surface area (Å²) in [5.74, 6) is 0.108. The van der Waals surface area contributed by atoms with Crippen LogP contribution in [0.25, 0.3) is 0 Å². The van der Waals surface area contributed by atoms with Crippen LogP contribution >= 0.6 is 12.4 Å². The third-order valence-corrected chi connectivity index (χ3v) is 4.78. The number of hydrogen-bond donors (Lipinski definition) is 2. The fourth-order valence-corrected chi connectivity index (χ4v) is 3.27. The van der Waals surface area contributed by atoms with Crippen molar-refractivity contribution < 1.29 is 13.2 Å². The number of carbonyl (C=O) groups excluding carboxylic acids is 1. The van der Waals surface area contributed by atoms with E-state index in [1.54, 1.807) is 23.3 Å². The van der Waals surface area contributed by atoms with Crippen molar-refractivity contribution in [3.63, 3.8) is 0 Å². The van der Waals surface area contributed by atoms with Gasteiger partial charge in [0.15, 0.2) is 0 Å². The Balaban J connectivity index is 0.00000264. The average Bonchev–Trinajstić information content (AvgIpc) is 2.49. The van der Waals surface area contributed by atoms with Crippen molar-refractivity contribution in [2.75, 3.05) is 18.8 Å². The molecule has 1 atom stereocenters. The van der Waals surface area contributed by atoms with Crippen LogP contribution in [-0.2, 0) is 14.8 Å². The molecule has 0 saturated carbocycles. The fourth-order valence-electron chi connectivity index (χ4n) is 2.30. The van der Waals surface area contributed by atoms with Gasteiger partial charge in [0.2, 0.25) is 0 Å². The summed E-state index contributed by atoms with van der Waals surface area (Å²) >= 11 is 0. The standard InChI is InChI=1S/C14H22N4O3S.ClH/c1-2-3-4-12(9-15)16-14(19)11-5-6-13-17-22(20,21)8-7-18(13)10-11;/h5-6,10,12H,2-4,7-9,15H2,1H3,(H,16,19);1H. The van der Waals surface area contributed by atoms with Gasteiger partial charge >= 0.3 is 0 Å². The summed E-state index contributed by atoms with van der Waals surface area (Å²) in [7, 11) is -3.38. The van der Waals surface area contributed by atoms with Gasteiger partial charge in [-0.2, -0.15) is 0 Å². The van der Waals surface area contributed by atoms with Crippen molar-refractivity contribution in [3.8, 4) is 0 Å². The Morgan fingerprint density at radius 2 is 2.22 bits per heavy atom. The van der Waals surface area contributed by atoms with Gasteiger partial charge in [0, 0.05) is 25.3 Å². The molecule has 1 unspecified atom stereocenters. The van der Waals surface area contributed by atoms with Crippen LogP contribution < -0.4 is 11.1 Å². The molecular formula is C14H23ClN4O3S. The molecule has 2 heterocycles. The van der Waals surface area contributed by atoms with Crippen LogP contribution in [0.1, 0.15) is 26.2 Å². The van der Waals surface area contributed by atoms with Crippen molar-refractivity contribution >= 4 is 34.2 Å². The molecule has 0 aliphatic carbocycles. The van der Waals surface area contributed by atoms with Crippen LogP contribution in [0, 0.1) is 0 Å². The second kappa shape index (κ2) is 8.47. The maximum Gasteiger partial charge on any atom is 0.256 e. The zero-order chi connectivity index (χ0) is 16.2. The Morgan fingerprint density at radius 1 is 1.48 bits per heavy atom. The third kappa shape index (κ3) is 5.33. The molecule has 7 nitrogen and oxygen atoms in total. The van der Waals surface area contributed by atoms with Crippen molar-refractivity contribution in [3.05, 3.63) is 23.9 Å². The molecule has 0 aromatic rings. The molecule has 0 spiro atoms. The molecule has 3 N–H and O–H groups in total. The molecule has 2 aliphatic rings. The Bertz CT molecular complexity index is 628. The fraction of sp³-hybridized carbons (Fsp3) is 0.571. The summed E-state index contributed by atoms with van der Waals surface area (Å²) in [4.78, 5) is 13.9. The summed E-state index contributed by atoms with van der Waals surface area (Å²) in [5, 5.41) is 2.91. The Morgan fingerprint density at radius 3 is 2.87 bits per heavy atom. The zero-order valence-corrected chi connectivity index (χ0v) is 14.7. The number of amides is 1. The van der Waals surface area contributed by atoms with Gasteiger partial charge < -0.3 is 16.0 Å². The summed E-state index contributed by atoms with van der Waals surface area (Å²) in [6, 6.07) is -0.0430. The molecule has 0 fully saturated rings. The lowest BCUT2D eigenvalue weighted by Gasteiger charge is -2.27. The van der Waals surface area contributed by atoms with Gasteiger partial charge in [-0.25, -0.2) is 8.42 Å². The van der Waals surface area contributed by atoms with Gasteiger partial charge in [-0.05, 0) is 18.6 Å². The summed E-state index contributed by atoms with van der Waals surface area (Å²) in [6.45, 7) is 2.79. The number of carbonyl (C=O) groups is 1. The van der Waals surface area contributed by atoms with E-state index in [1.807, 2.05) is 0 Å². The lowest BCUT2D eigenvalue weighted by Crippen LogP contribution is -2.42. The van der Waals surface area contributed by atoms with Gasteiger partial charge in [-0.15, -0.1) is 16.8 Å². The van der Waals surface area contributed by atoms with Crippen molar-refractivity contribution in [1.29, 1.82) is 0 Å². The normalized spacial score (nSPS) is 19.8. The van der Waals surface area contributed by atoms with Crippen LogP contribution in [0.4, 0.5) is 0 Å². The van der Waals surface area contributed by atoms with Crippen LogP contribution in [0.3, 0.4) is 0 Å². The Labute approximate surface area is 143 Å². The van der Waals surface area contributed by atoms with Crippen LogP contribution in [0.15, 0.2) is 28.3 Å². The summed E-state index contributed by atoms with van der Waals surface area (Å²) < 4.78 is 26.6. The maximum absolute atomic E-state index is 12.3. The SMILES string of the molecule is CCCCC(CN)NC(=O)C1=CN2CCS(=O)(=O)N=C2C=C1.Cl. The van der Waals surface area contributed by atoms with Gasteiger partial charge in [0.1, 0.15) is 5.84 Å². The molecule has 2 aliphatic heterocycles. The molecule has 0 radical (unpaired) electrons. The van der Waals surface area contributed by atoms with Crippen molar-refractivity contribution in [1.82, 2.24) is 10.2 Å². The summed E-state index contributed by atoms with van der Waals surface area (Å²) in [6.07, 6.45) is 7.68. The molecule has 9 heteroatoms. The molecule has 0 saturated heterocycles. The molecule has 2 rings (SSSR count). The second-order valence-corrected chi connectivity index (χ2v) is 7.15. The highest BCUT2D eigenvalue weighted by molar-refractivity contribution is 7.90. The van der Waals surface area contributed by atoms with Gasteiger partial charge in [-0.1, -0.05) is 19.8 Å². The molecule has 0 bridgehead atoms. The number of nitrogens with one attached hydrogen (secondary N) is 1. The predicted octanol–water partition coefficient (Wildman–Crippen LogP) is 0.540. The number of nitrogens with zero attached hydrogens (tertiary/aromatic N) is 2. The third-order valence-electron chi connectivity index (χ3n) is 3.61. The molecule has 23 heavy (non-hydrogen) atoms. The lowest BCUT2D eigenvalue weighted by atomic mass is 10.1. The van der Waals surface area contributed by atoms with E-state index in [4.69, 9.17) is 5.73 Å². The van der Waals surface area contributed by atoms with E-state index in [0.717, 1.165) is 19.3 Å². The smallest absolute Gasteiger partial charge is 0.256 e. The van der Waals surface area contributed by atoms with E-state index in [9.17, 15) is 13.2 Å². The van der Waals surface area contributed by atoms with Gasteiger partial charge in [-0.3, -0.25) is 4.79 Å². The average molecular weight is 363 g/mol. The molecule has 1 amide bonds. The first-order valence-corrected chi connectivity index (χ1v) is 9.06. The minimum absolute atomic E-state index is 0. The highest BCUT2D eigenvalue weighted by Crippen LogP contribution is 2.16. The number of nitrogens with two attached hydrogens (primary N) is 1. The number of amidine groups is 1. The Hall–Kier alpha value is -1.38. The quantitative estimate of drug-likeness (QED) is 0.717. The number of fused-ring (bicyclic) bond motifs is 1. The van der Waals surface area contributed by atoms with Crippen molar-refractivity contribution in [2.45, 2.75) is 32.2 Å². The van der Waals surface area contributed by atoms with Crippen LogP contribution in [0.2, 0.25) is 0 Å². The lowest BCUT2D eigenvalue weighted by molar-refractivity contribution is -0.117. The van der Waals surface area contributed by atoms with Gasteiger partial charge in [0.25, 0.3) is 15.9 Å². The number of hydrogen-bond acceptors (Lipinski definition) is 5. The first kappa shape index (κ1) is 19.7. The van der Waals surface area contributed by atoms with E-state index in [0.29, 0.717) is 24.5 Å². The largest absolute Gasteiger partial charge is 0.348 e. The minimum atomic E-state index is -3.38. The van der Waals surface area contributed by atoms with E-state index in [2.05, 4.69) is 16.6 Å². The van der Waals surface area contributed by atoms with Crippen molar-refractivity contribution in [2.24, 2.45) is 10.1 Å². The topological polar surface area (TPSA) is 105 Å². The zero-order valence-electron chi connectivity index (χ0n) is 13.1. The van der Waals surface area contributed by atoms with E-state index in [-0.39, 0.29) is 30.1 Å².